The molecule has 1 aromatic heterocycles. The van der Waals surface area contributed by atoms with Crippen molar-refractivity contribution in [2.45, 2.75) is 6.92 Å². The molecule has 0 saturated heterocycles. The van der Waals surface area contributed by atoms with Gasteiger partial charge in [0.05, 0.1) is 23.0 Å². The first-order valence-corrected chi connectivity index (χ1v) is 6.22. The molecule has 0 aliphatic carbocycles. The second kappa shape index (κ2) is 4.67. The summed E-state index contributed by atoms with van der Waals surface area (Å²) in [6.45, 7) is 2.03. The molecule has 1 amide bonds. The van der Waals surface area contributed by atoms with Gasteiger partial charge in [0.15, 0.2) is 0 Å². The molecule has 0 saturated carbocycles. The standard InChI is InChI=1S/C15H12N4O/c1-10-6-11(8-16)7-14(17-10)19-9-15(20)18-12-4-2-3-5-13(12)19/h2-7H,9H2,1H3,(H,18,20). The van der Waals surface area contributed by atoms with Crippen LogP contribution in [0.5, 0.6) is 0 Å². The molecule has 2 aromatic rings. The fraction of sp³-hybridized carbons (Fsp3) is 0.133. The number of aromatic nitrogens is 1. The van der Waals surface area contributed by atoms with E-state index in [9.17, 15) is 4.79 Å². The van der Waals surface area contributed by atoms with E-state index in [1.54, 1.807) is 12.1 Å². The van der Waals surface area contributed by atoms with Crippen molar-refractivity contribution in [1.82, 2.24) is 4.98 Å². The maximum Gasteiger partial charge on any atom is 0.244 e. The maximum atomic E-state index is 11.8. The first-order chi connectivity index (χ1) is 9.67. The molecule has 1 aliphatic rings. The minimum atomic E-state index is -0.0921. The van der Waals surface area contributed by atoms with E-state index in [-0.39, 0.29) is 12.5 Å². The molecule has 0 atom stereocenters. The highest BCUT2D eigenvalue weighted by atomic mass is 16.2. The number of anilines is 3. The highest BCUT2D eigenvalue weighted by molar-refractivity contribution is 6.02. The number of nitrogens with one attached hydrogen (secondary N) is 1. The molecule has 3 rings (SSSR count). The third kappa shape index (κ3) is 2.08. The second-order valence-corrected chi connectivity index (χ2v) is 4.62. The highest BCUT2D eigenvalue weighted by Crippen LogP contribution is 2.34. The van der Waals surface area contributed by atoms with Gasteiger partial charge in [-0.15, -0.1) is 0 Å². The Labute approximate surface area is 116 Å². The van der Waals surface area contributed by atoms with Gasteiger partial charge in [0.2, 0.25) is 5.91 Å². The first kappa shape index (κ1) is 12.2. The normalized spacial score (nSPS) is 13.4. The van der Waals surface area contributed by atoms with E-state index in [1.807, 2.05) is 36.1 Å². The van der Waals surface area contributed by atoms with Crippen LogP contribution in [0.3, 0.4) is 0 Å². The van der Waals surface area contributed by atoms with Crippen LogP contribution in [0.2, 0.25) is 0 Å². The van der Waals surface area contributed by atoms with Crippen LogP contribution >= 0.6 is 0 Å². The number of hydrogen-bond acceptors (Lipinski definition) is 4. The molecule has 0 bridgehead atoms. The van der Waals surface area contributed by atoms with Crippen LogP contribution < -0.4 is 10.2 Å². The molecule has 0 radical (unpaired) electrons. The Bertz CT molecular complexity index is 733. The van der Waals surface area contributed by atoms with Gasteiger partial charge in [0.25, 0.3) is 0 Å². The van der Waals surface area contributed by atoms with Crippen molar-refractivity contribution < 1.29 is 4.79 Å². The molecule has 2 heterocycles. The molecular weight excluding hydrogens is 252 g/mol. The number of amides is 1. The molecule has 0 fully saturated rings. The van der Waals surface area contributed by atoms with Crippen molar-refractivity contribution in [3.63, 3.8) is 0 Å². The number of hydrogen-bond donors (Lipinski definition) is 1. The van der Waals surface area contributed by atoms with Crippen molar-refractivity contribution in [2.24, 2.45) is 0 Å². The predicted molar refractivity (Wildman–Crippen MR) is 75.8 cm³/mol. The summed E-state index contributed by atoms with van der Waals surface area (Å²) in [6, 6.07) is 13.1. The molecule has 1 N–H and O–H groups in total. The monoisotopic (exact) mass is 264 g/mol. The molecule has 0 unspecified atom stereocenters. The van der Waals surface area contributed by atoms with Gasteiger partial charge in [-0.2, -0.15) is 5.26 Å². The maximum absolute atomic E-state index is 11.8. The van der Waals surface area contributed by atoms with Gasteiger partial charge in [0, 0.05) is 5.69 Å². The van der Waals surface area contributed by atoms with Gasteiger partial charge in [0.1, 0.15) is 12.4 Å². The van der Waals surface area contributed by atoms with E-state index in [0.29, 0.717) is 11.4 Å². The van der Waals surface area contributed by atoms with Crippen LogP contribution in [-0.2, 0) is 4.79 Å². The van der Waals surface area contributed by atoms with E-state index in [2.05, 4.69) is 16.4 Å². The number of carbonyl (C=O) groups is 1. The van der Waals surface area contributed by atoms with Crippen molar-refractivity contribution in [3.05, 3.63) is 47.7 Å². The topological polar surface area (TPSA) is 69.0 Å². The first-order valence-electron chi connectivity index (χ1n) is 6.22. The summed E-state index contributed by atoms with van der Waals surface area (Å²) in [7, 11) is 0. The van der Waals surface area contributed by atoms with E-state index >= 15 is 0 Å². The third-order valence-electron chi connectivity index (χ3n) is 3.12. The van der Waals surface area contributed by atoms with Crippen molar-refractivity contribution in [1.29, 1.82) is 5.26 Å². The summed E-state index contributed by atoms with van der Waals surface area (Å²) in [5.41, 5.74) is 2.93. The van der Waals surface area contributed by atoms with Crippen LogP contribution in [0.15, 0.2) is 36.4 Å². The van der Waals surface area contributed by atoms with Crippen LogP contribution in [0, 0.1) is 18.3 Å². The number of benzene rings is 1. The molecule has 1 aliphatic heterocycles. The number of fused-ring (bicyclic) bond motifs is 1. The summed E-state index contributed by atoms with van der Waals surface area (Å²) >= 11 is 0. The number of aryl methyl sites for hydroxylation is 1. The van der Waals surface area contributed by atoms with Gasteiger partial charge in [-0.1, -0.05) is 12.1 Å². The molecule has 5 heteroatoms. The second-order valence-electron chi connectivity index (χ2n) is 4.62. The lowest BCUT2D eigenvalue weighted by molar-refractivity contribution is -0.115. The molecular formula is C15H12N4O. The Morgan fingerprint density at radius 3 is 2.95 bits per heavy atom. The zero-order valence-corrected chi connectivity index (χ0v) is 10.9. The number of pyridine rings is 1. The van der Waals surface area contributed by atoms with Crippen LogP contribution in [-0.4, -0.2) is 17.4 Å². The fourth-order valence-electron chi connectivity index (χ4n) is 2.29. The fourth-order valence-corrected chi connectivity index (χ4v) is 2.29. The van der Waals surface area contributed by atoms with Crippen LogP contribution in [0.1, 0.15) is 11.3 Å². The largest absolute Gasteiger partial charge is 0.323 e. The number of carbonyl (C=O) groups excluding carboxylic acids is 1. The Morgan fingerprint density at radius 2 is 2.15 bits per heavy atom. The lowest BCUT2D eigenvalue weighted by Crippen LogP contribution is -2.35. The average Bonchev–Trinajstić information content (AvgIpc) is 2.45. The van der Waals surface area contributed by atoms with Gasteiger partial charge in [-0.3, -0.25) is 4.79 Å². The number of nitriles is 1. The van der Waals surface area contributed by atoms with E-state index in [1.165, 1.54) is 0 Å². The van der Waals surface area contributed by atoms with E-state index in [0.717, 1.165) is 17.1 Å². The lowest BCUT2D eigenvalue weighted by Gasteiger charge is -2.30. The quantitative estimate of drug-likeness (QED) is 0.858. The Kier molecular flexibility index (Phi) is 2.84. The van der Waals surface area contributed by atoms with Crippen LogP contribution in [0.4, 0.5) is 17.2 Å². The molecule has 0 spiro atoms. The SMILES string of the molecule is Cc1cc(C#N)cc(N2CC(=O)Nc3ccccc32)n1. The van der Waals surface area contributed by atoms with E-state index in [4.69, 9.17) is 5.26 Å². The molecule has 98 valence electrons. The number of nitrogens with zero attached hydrogens (tertiary/aromatic N) is 3. The zero-order chi connectivity index (χ0) is 14.1. The number of rotatable bonds is 1. The minimum absolute atomic E-state index is 0.0921. The van der Waals surface area contributed by atoms with Gasteiger partial charge < -0.3 is 10.2 Å². The van der Waals surface area contributed by atoms with E-state index < -0.39 is 0 Å². The van der Waals surface area contributed by atoms with Crippen molar-refractivity contribution in [2.75, 3.05) is 16.8 Å². The third-order valence-corrected chi connectivity index (χ3v) is 3.12. The summed E-state index contributed by atoms with van der Waals surface area (Å²) in [5.74, 6) is 0.523. The Balaban J connectivity index is 2.13. The predicted octanol–water partition coefficient (Wildman–Crippen LogP) is 2.35. The minimum Gasteiger partial charge on any atom is -0.323 e. The highest BCUT2D eigenvalue weighted by Gasteiger charge is 2.23. The Hall–Kier alpha value is -2.87. The Morgan fingerprint density at radius 1 is 1.35 bits per heavy atom. The molecule has 1 aromatic carbocycles. The summed E-state index contributed by atoms with van der Waals surface area (Å²) < 4.78 is 0. The summed E-state index contributed by atoms with van der Waals surface area (Å²) in [5, 5.41) is 11.9. The van der Waals surface area contributed by atoms with Gasteiger partial charge >= 0.3 is 0 Å². The molecule has 5 nitrogen and oxygen atoms in total. The number of para-hydroxylation sites is 2. The van der Waals surface area contributed by atoms with Crippen LogP contribution in [0.25, 0.3) is 0 Å². The van der Waals surface area contributed by atoms with Crippen molar-refractivity contribution in [3.8, 4) is 6.07 Å². The average molecular weight is 264 g/mol. The smallest absolute Gasteiger partial charge is 0.244 e. The summed E-state index contributed by atoms with van der Waals surface area (Å²) in [6.07, 6.45) is 0. The molecule has 20 heavy (non-hydrogen) atoms. The van der Waals surface area contributed by atoms with Gasteiger partial charge in [-0.05, 0) is 31.2 Å². The summed E-state index contributed by atoms with van der Waals surface area (Å²) in [4.78, 5) is 18.1. The zero-order valence-electron chi connectivity index (χ0n) is 10.9. The van der Waals surface area contributed by atoms with Gasteiger partial charge in [-0.25, -0.2) is 4.98 Å². The van der Waals surface area contributed by atoms with Crippen molar-refractivity contribution >= 4 is 23.1 Å². The lowest BCUT2D eigenvalue weighted by atomic mass is 10.1.